The summed E-state index contributed by atoms with van der Waals surface area (Å²) in [6.45, 7) is 1.83. The molecule has 0 spiro atoms. The standard InChI is InChI=1S/C14H9F3N4/c1-8-2-4-10-12(19-7-20-13(10)21-8)9-3-5-11(18-6-9)14(15,16)17/h2-7H,1H3. The van der Waals surface area contributed by atoms with E-state index < -0.39 is 11.9 Å². The molecular formula is C14H9F3N4. The van der Waals surface area contributed by atoms with Crippen LogP contribution in [0.1, 0.15) is 11.4 Å². The van der Waals surface area contributed by atoms with Crippen LogP contribution in [-0.2, 0) is 6.18 Å². The molecule has 3 aromatic rings. The Morgan fingerprint density at radius 1 is 0.952 bits per heavy atom. The number of aryl methyl sites for hydroxylation is 1. The van der Waals surface area contributed by atoms with Gasteiger partial charge in [-0.3, -0.25) is 4.98 Å². The van der Waals surface area contributed by atoms with Crippen LogP contribution in [0.2, 0.25) is 0 Å². The van der Waals surface area contributed by atoms with Crippen LogP contribution in [0.4, 0.5) is 13.2 Å². The summed E-state index contributed by atoms with van der Waals surface area (Å²) in [6, 6.07) is 5.87. The molecule has 0 N–H and O–H groups in total. The molecule has 0 radical (unpaired) electrons. The maximum atomic E-state index is 12.5. The first-order valence-corrected chi connectivity index (χ1v) is 6.07. The van der Waals surface area contributed by atoms with E-state index in [1.807, 2.05) is 6.92 Å². The maximum Gasteiger partial charge on any atom is 0.433 e. The molecule has 0 aliphatic rings. The minimum absolute atomic E-state index is 0.487. The Kier molecular flexibility index (Phi) is 3.04. The number of fused-ring (bicyclic) bond motifs is 1. The van der Waals surface area contributed by atoms with Crippen LogP contribution in [0.3, 0.4) is 0 Å². The van der Waals surface area contributed by atoms with Gasteiger partial charge >= 0.3 is 6.18 Å². The van der Waals surface area contributed by atoms with Crippen molar-refractivity contribution in [2.75, 3.05) is 0 Å². The van der Waals surface area contributed by atoms with Crippen molar-refractivity contribution in [2.24, 2.45) is 0 Å². The van der Waals surface area contributed by atoms with Crippen LogP contribution in [0.15, 0.2) is 36.8 Å². The largest absolute Gasteiger partial charge is 0.433 e. The molecule has 3 heterocycles. The molecule has 0 unspecified atom stereocenters. The lowest BCUT2D eigenvalue weighted by molar-refractivity contribution is -0.141. The van der Waals surface area contributed by atoms with Gasteiger partial charge in [0.25, 0.3) is 0 Å². The van der Waals surface area contributed by atoms with E-state index in [2.05, 4.69) is 19.9 Å². The molecule has 0 aliphatic carbocycles. The third-order valence-corrected chi connectivity index (χ3v) is 2.96. The second-order valence-corrected chi connectivity index (χ2v) is 4.48. The molecule has 0 fully saturated rings. The number of rotatable bonds is 1. The molecular weight excluding hydrogens is 281 g/mol. The molecule has 0 atom stereocenters. The summed E-state index contributed by atoms with van der Waals surface area (Å²) in [5, 5.41) is 0.671. The molecule has 21 heavy (non-hydrogen) atoms. The maximum absolute atomic E-state index is 12.5. The fourth-order valence-corrected chi connectivity index (χ4v) is 1.97. The molecule has 4 nitrogen and oxygen atoms in total. The highest BCUT2D eigenvalue weighted by Crippen LogP contribution is 2.30. The fraction of sp³-hybridized carbons (Fsp3) is 0.143. The van der Waals surface area contributed by atoms with Gasteiger partial charge in [0, 0.05) is 22.8 Å². The summed E-state index contributed by atoms with van der Waals surface area (Å²) in [7, 11) is 0. The van der Waals surface area contributed by atoms with Crippen LogP contribution in [0.5, 0.6) is 0 Å². The first kappa shape index (κ1) is 13.4. The molecule has 106 valence electrons. The van der Waals surface area contributed by atoms with E-state index in [9.17, 15) is 13.2 Å². The Morgan fingerprint density at radius 2 is 1.76 bits per heavy atom. The average molecular weight is 290 g/mol. The van der Waals surface area contributed by atoms with E-state index in [-0.39, 0.29) is 0 Å². The molecule has 3 aromatic heterocycles. The predicted molar refractivity (Wildman–Crippen MR) is 70.3 cm³/mol. The number of alkyl halides is 3. The van der Waals surface area contributed by atoms with E-state index >= 15 is 0 Å². The summed E-state index contributed by atoms with van der Waals surface area (Å²) >= 11 is 0. The first-order chi connectivity index (χ1) is 9.95. The van der Waals surface area contributed by atoms with Crippen molar-refractivity contribution in [2.45, 2.75) is 13.1 Å². The summed E-state index contributed by atoms with van der Waals surface area (Å²) in [4.78, 5) is 15.9. The van der Waals surface area contributed by atoms with Gasteiger partial charge in [0.2, 0.25) is 0 Å². The van der Waals surface area contributed by atoms with E-state index in [4.69, 9.17) is 0 Å². The molecule has 0 aromatic carbocycles. The zero-order valence-corrected chi connectivity index (χ0v) is 10.9. The predicted octanol–water partition coefficient (Wildman–Crippen LogP) is 3.41. The fourth-order valence-electron chi connectivity index (χ4n) is 1.97. The van der Waals surface area contributed by atoms with Gasteiger partial charge in [-0.1, -0.05) is 0 Å². The van der Waals surface area contributed by atoms with Gasteiger partial charge in [0.15, 0.2) is 5.65 Å². The molecule has 0 saturated carbocycles. The lowest BCUT2D eigenvalue weighted by Crippen LogP contribution is -2.07. The second kappa shape index (κ2) is 4.76. The Labute approximate surface area is 117 Å². The molecule has 7 heteroatoms. The van der Waals surface area contributed by atoms with Gasteiger partial charge in [-0.15, -0.1) is 0 Å². The lowest BCUT2D eigenvalue weighted by atomic mass is 10.1. The van der Waals surface area contributed by atoms with Crippen molar-refractivity contribution in [3.8, 4) is 11.3 Å². The number of nitrogens with zero attached hydrogens (tertiary/aromatic N) is 4. The van der Waals surface area contributed by atoms with Gasteiger partial charge in [0.1, 0.15) is 12.0 Å². The normalized spacial score (nSPS) is 11.8. The summed E-state index contributed by atoms with van der Waals surface area (Å²) < 4.78 is 37.6. The molecule has 0 bridgehead atoms. The Hall–Kier alpha value is -2.57. The summed E-state index contributed by atoms with van der Waals surface area (Å²) in [5.74, 6) is 0. The van der Waals surface area contributed by atoms with Crippen molar-refractivity contribution < 1.29 is 13.2 Å². The van der Waals surface area contributed by atoms with Crippen LogP contribution in [0.25, 0.3) is 22.3 Å². The van der Waals surface area contributed by atoms with Gasteiger partial charge in [0.05, 0.1) is 5.69 Å². The highest BCUT2D eigenvalue weighted by molar-refractivity contribution is 5.89. The number of halogens is 3. The van der Waals surface area contributed by atoms with E-state index in [1.54, 1.807) is 12.1 Å². The van der Waals surface area contributed by atoms with Crippen molar-refractivity contribution in [3.05, 3.63) is 48.2 Å². The van der Waals surface area contributed by atoms with Crippen molar-refractivity contribution >= 4 is 11.0 Å². The number of pyridine rings is 2. The zero-order valence-electron chi connectivity index (χ0n) is 10.9. The minimum Gasteiger partial charge on any atom is -0.251 e. The second-order valence-electron chi connectivity index (χ2n) is 4.48. The summed E-state index contributed by atoms with van der Waals surface area (Å²) in [5.41, 5.74) is 1.37. The SMILES string of the molecule is Cc1ccc2c(-c3ccc(C(F)(F)F)nc3)ncnc2n1. The Balaban J connectivity index is 2.12. The van der Waals surface area contributed by atoms with Crippen LogP contribution < -0.4 is 0 Å². The Bertz CT molecular complexity index is 797. The highest BCUT2D eigenvalue weighted by atomic mass is 19.4. The third kappa shape index (κ3) is 2.54. The zero-order chi connectivity index (χ0) is 15.0. The van der Waals surface area contributed by atoms with Crippen LogP contribution in [-0.4, -0.2) is 19.9 Å². The van der Waals surface area contributed by atoms with Crippen LogP contribution in [0, 0.1) is 6.92 Å². The summed E-state index contributed by atoms with van der Waals surface area (Å²) in [6.07, 6.45) is -1.96. The molecule has 0 aliphatic heterocycles. The highest BCUT2D eigenvalue weighted by Gasteiger charge is 2.32. The van der Waals surface area contributed by atoms with Crippen molar-refractivity contribution in [1.29, 1.82) is 0 Å². The van der Waals surface area contributed by atoms with Gasteiger partial charge < -0.3 is 0 Å². The molecule has 3 rings (SSSR count). The van der Waals surface area contributed by atoms with Gasteiger partial charge in [-0.05, 0) is 31.2 Å². The van der Waals surface area contributed by atoms with Crippen molar-refractivity contribution in [3.63, 3.8) is 0 Å². The molecule has 0 amide bonds. The average Bonchev–Trinajstić information content (AvgIpc) is 2.45. The third-order valence-electron chi connectivity index (χ3n) is 2.96. The van der Waals surface area contributed by atoms with E-state index in [1.165, 1.54) is 12.4 Å². The quantitative estimate of drug-likeness (QED) is 0.689. The number of aromatic nitrogens is 4. The van der Waals surface area contributed by atoms with E-state index in [0.717, 1.165) is 18.0 Å². The number of hydrogen-bond acceptors (Lipinski definition) is 4. The smallest absolute Gasteiger partial charge is 0.251 e. The Morgan fingerprint density at radius 3 is 2.43 bits per heavy atom. The lowest BCUT2D eigenvalue weighted by Gasteiger charge is -2.08. The van der Waals surface area contributed by atoms with Gasteiger partial charge in [-0.2, -0.15) is 13.2 Å². The van der Waals surface area contributed by atoms with E-state index in [0.29, 0.717) is 22.3 Å². The number of hydrogen-bond donors (Lipinski definition) is 0. The minimum atomic E-state index is -4.45. The topological polar surface area (TPSA) is 51.6 Å². The van der Waals surface area contributed by atoms with Crippen LogP contribution >= 0.6 is 0 Å². The first-order valence-electron chi connectivity index (χ1n) is 6.07. The van der Waals surface area contributed by atoms with Gasteiger partial charge in [-0.25, -0.2) is 15.0 Å². The van der Waals surface area contributed by atoms with Crippen molar-refractivity contribution in [1.82, 2.24) is 19.9 Å². The monoisotopic (exact) mass is 290 g/mol. The molecule has 0 saturated heterocycles.